The number of rotatable bonds is 9. The molecular weight excluding hydrogens is 600 g/mol. The molecule has 0 saturated carbocycles. The summed E-state index contributed by atoms with van der Waals surface area (Å²) in [6.07, 6.45) is 2.31. The molecule has 4 heterocycles. The van der Waals surface area contributed by atoms with Crippen molar-refractivity contribution in [3.8, 4) is 5.69 Å². The van der Waals surface area contributed by atoms with Crippen LogP contribution in [-0.2, 0) is 34.6 Å². The second-order valence-electron chi connectivity index (χ2n) is 13.0. The summed E-state index contributed by atoms with van der Waals surface area (Å²) in [6.45, 7) is 6.65. The van der Waals surface area contributed by atoms with E-state index in [1.807, 2.05) is 92.9 Å². The SMILES string of the molecule is C[C@H]1[C@H]([Si](C)(C)O)[C@@H](CCn2cc(CCO)nn2)O[C@]12C(=O)N(Cc1ccccc1)c1ccc(-n3[nH]c4ccccc4c3=O)cc12. The molecule has 1 fully saturated rings. The Balaban J connectivity index is 1.33. The van der Waals surface area contributed by atoms with Crippen LogP contribution in [0.1, 0.15) is 30.2 Å². The minimum absolute atomic E-state index is 0.00946. The van der Waals surface area contributed by atoms with Crippen LogP contribution in [-0.4, -0.2) is 61.6 Å². The Bertz CT molecular complexity index is 1960. The van der Waals surface area contributed by atoms with Gasteiger partial charge in [-0.1, -0.05) is 54.6 Å². The lowest BCUT2D eigenvalue weighted by atomic mass is 9.82. The van der Waals surface area contributed by atoms with E-state index in [2.05, 4.69) is 15.4 Å². The number of aliphatic hydroxyl groups excluding tert-OH is 1. The maximum Gasteiger partial charge on any atom is 0.279 e. The summed E-state index contributed by atoms with van der Waals surface area (Å²) < 4.78 is 10.2. The zero-order chi connectivity index (χ0) is 32.2. The predicted molar refractivity (Wildman–Crippen MR) is 176 cm³/mol. The van der Waals surface area contributed by atoms with Gasteiger partial charge in [0.2, 0.25) is 0 Å². The third-order valence-electron chi connectivity index (χ3n) is 9.60. The smallest absolute Gasteiger partial charge is 0.279 e. The highest BCUT2D eigenvalue weighted by Gasteiger charge is 2.66. The van der Waals surface area contributed by atoms with Crippen LogP contribution in [0.5, 0.6) is 0 Å². The number of ether oxygens (including phenoxy) is 1. The van der Waals surface area contributed by atoms with E-state index in [0.717, 1.165) is 16.8 Å². The number of nitrogens with one attached hydrogen (secondary N) is 1. The van der Waals surface area contributed by atoms with Gasteiger partial charge in [-0.3, -0.25) is 19.4 Å². The van der Waals surface area contributed by atoms with E-state index in [-0.39, 0.29) is 29.5 Å². The number of hydrogen-bond donors (Lipinski definition) is 3. The predicted octanol–water partition coefficient (Wildman–Crippen LogP) is 3.88. The van der Waals surface area contributed by atoms with Gasteiger partial charge in [-0.25, -0.2) is 4.68 Å². The van der Waals surface area contributed by atoms with E-state index in [4.69, 9.17) is 4.74 Å². The van der Waals surface area contributed by atoms with E-state index in [1.54, 1.807) is 15.6 Å². The Morgan fingerprint density at radius 3 is 2.54 bits per heavy atom. The van der Waals surface area contributed by atoms with Crippen molar-refractivity contribution in [2.75, 3.05) is 11.5 Å². The molecule has 1 saturated heterocycles. The Morgan fingerprint density at radius 1 is 1.04 bits per heavy atom. The maximum absolute atomic E-state index is 14.8. The Labute approximate surface area is 267 Å². The monoisotopic (exact) mass is 638 g/mol. The van der Waals surface area contributed by atoms with Crippen molar-refractivity contribution in [3.05, 3.63) is 106 Å². The number of benzene rings is 3. The van der Waals surface area contributed by atoms with Gasteiger partial charge in [-0.15, -0.1) is 5.10 Å². The molecule has 0 radical (unpaired) electrons. The van der Waals surface area contributed by atoms with Gasteiger partial charge >= 0.3 is 0 Å². The molecule has 5 aromatic rings. The lowest BCUT2D eigenvalue weighted by molar-refractivity contribution is -0.146. The van der Waals surface area contributed by atoms with Gasteiger partial charge in [0.15, 0.2) is 13.9 Å². The summed E-state index contributed by atoms with van der Waals surface area (Å²) in [5.74, 6) is -0.525. The number of nitrogens with zero attached hydrogens (tertiary/aromatic N) is 5. The van der Waals surface area contributed by atoms with Gasteiger partial charge in [0.25, 0.3) is 11.5 Å². The van der Waals surface area contributed by atoms with Gasteiger partial charge in [-0.2, -0.15) is 0 Å². The van der Waals surface area contributed by atoms with Crippen molar-refractivity contribution in [1.29, 1.82) is 0 Å². The molecule has 2 aliphatic heterocycles. The maximum atomic E-state index is 14.8. The van der Waals surface area contributed by atoms with E-state index < -0.39 is 20.0 Å². The number of aromatic nitrogens is 5. The zero-order valence-corrected chi connectivity index (χ0v) is 27.1. The summed E-state index contributed by atoms with van der Waals surface area (Å²) >= 11 is 0. The van der Waals surface area contributed by atoms with Crippen LogP contribution in [0.3, 0.4) is 0 Å². The summed E-state index contributed by atoms with van der Waals surface area (Å²) in [5, 5.41) is 21.4. The Hall–Kier alpha value is -4.36. The van der Waals surface area contributed by atoms with Crippen LogP contribution in [0.2, 0.25) is 18.6 Å². The van der Waals surface area contributed by atoms with Gasteiger partial charge in [0, 0.05) is 42.8 Å². The fraction of sp³-hybridized carbons (Fsp3) is 0.353. The lowest BCUT2D eigenvalue weighted by Crippen LogP contribution is -2.46. The molecule has 3 N–H and O–H groups in total. The van der Waals surface area contributed by atoms with E-state index >= 15 is 0 Å². The van der Waals surface area contributed by atoms with E-state index in [0.29, 0.717) is 48.3 Å². The third kappa shape index (κ3) is 4.92. The van der Waals surface area contributed by atoms with Crippen LogP contribution >= 0.6 is 0 Å². The second-order valence-corrected chi connectivity index (χ2v) is 16.9. The minimum atomic E-state index is -2.88. The molecule has 0 aliphatic carbocycles. The number of anilines is 1. The first kappa shape index (κ1) is 30.3. The molecule has 3 aromatic carbocycles. The molecule has 11 nitrogen and oxygen atoms in total. The highest BCUT2D eigenvalue weighted by atomic mass is 28.4. The summed E-state index contributed by atoms with van der Waals surface area (Å²) in [4.78, 5) is 41.7. The molecule has 238 valence electrons. The second kappa shape index (κ2) is 11.5. The number of amides is 1. The van der Waals surface area contributed by atoms with Gasteiger partial charge in [0.1, 0.15) is 0 Å². The zero-order valence-electron chi connectivity index (χ0n) is 26.1. The lowest BCUT2D eigenvalue weighted by Gasteiger charge is -2.32. The van der Waals surface area contributed by atoms with Crippen LogP contribution < -0.4 is 10.5 Å². The van der Waals surface area contributed by atoms with Gasteiger partial charge in [0.05, 0.1) is 40.6 Å². The molecule has 12 heteroatoms. The summed E-state index contributed by atoms with van der Waals surface area (Å²) in [5.41, 5.74) is 2.63. The summed E-state index contributed by atoms with van der Waals surface area (Å²) in [6, 6.07) is 22.9. The van der Waals surface area contributed by atoms with Gasteiger partial charge in [-0.05, 0) is 55.4 Å². The first-order valence-corrected chi connectivity index (χ1v) is 18.7. The van der Waals surface area contributed by atoms with E-state index in [9.17, 15) is 19.5 Å². The number of carbonyl (C=O) groups is 1. The van der Waals surface area contributed by atoms with Crippen molar-refractivity contribution in [2.24, 2.45) is 5.92 Å². The molecule has 4 atom stereocenters. The highest BCUT2D eigenvalue weighted by Crippen LogP contribution is 2.60. The molecule has 2 aliphatic rings. The number of para-hydroxylation sites is 1. The fourth-order valence-corrected chi connectivity index (χ4v) is 10.2. The molecule has 1 amide bonds. The number of carbonyl (C=O) groups excluding carboxylic acids is 1. The van der Waals surface area contributed by atoms with Crippen LogP contribution in [0.25, 0.3) is 16.6 Å². The Kier molecular flexibility index (Phi) is 7.55. The van der Waals surface area contributed by atoms with Crippen molar-refractivity contribution in [1.82, 2.24) is 24.8 Å². The normalized spacial score (nSPS) is 22.8. The first-order chi connectivity index (χ1) is 22.1. The largest absolute Gasteiger partial charge is 0.432 e. The molecular formula is C34H38N6O5Si. The summed E-state index contributed by atoms with van der Waals surface area (Å²) in [7, 11) is -2.88. The van der Waals surface area contributed by atoms with Crippen LogP contribution in [0.15, 0.2) is 83.8 Å². The molecule has 7 rings (SSSR count). The first-order valence-electron chi connectivity index (χ1n) is 15.7. The Morgan fingerprint density at radius 2 is 1.80 bits per heavy atom. The van der Waals surface area contributed by atoms with Gasteiger partial charge < -0.3 is 19.5 Å². The number of fused-ring (bicyclic) bond motifs is 3. The minimum Gasteiger partial charge on any atom is -0.432 e. The molecule has 1 spiro atoms. The average Bonchev–Trinajstić information content (AvgIpc) is 3.77. The third-order valence-corrected chi connectivity index (χ3v) is 12.1. The number of aromatic amines is 1. The van der Waals surface area contributed by atoms with Crippen molar-refractivity contribution in [3.63, 3.8) is 0 Å². The standard InChI is InChI=1S/C34H38N6O5Si/c1-22-31(46(2,3)44)30(15-17-38-21-24(16-18-41)35-37-38)45-34(22)27-19-25(40-32(42)26-11-7-8-12-28(26)36-40)13-14-29(27)39(33(34)43)20-23-9-5-4-6-10-23/h4-14,19,21-22,30-31,36,41,44H,15-18,20H2,1-3H3/t22-,30+,31-,34+/m0/s1. The van der Waals surface area contributed by atoms with Crippen molar-refractivity contribution in [2.45, 2.75) is 63.2 Å². The quantitative estimate of drug-likeness (QED) is 0.208. The van der Waals surface area contributed by atoms with E-state index in [1.165, 1.54) is 4.68 Å². The number of hydrogen-bond acceptors (Lipinski definition) is 7. The fourth-order valence-electron chi connectivity index (χ4n) is 7.57. The number of H-pyrrole nitrogens is 1. The average molecular weight is 639 g/mol. The molecule has 2 aromatic heterocycles. The molecule has 46 heavy (non-hydrogen) atoms. The topological polar surface area (TPSA) is 138 Å². The molecule has 0 bridgehead atoms. The molecule has 0 unspecified atom stereocenters. The van der Waals surface area contributed by atoms with Crippen LogP contribution in [0, 0.1) is 5.92 Å². The van der Waals surface area contributed by atoms with Crippen molar-refractivity contribution >= 4 is 30.8 Å². The van der Waals surface area contributed by atoms with Crippen LogP contribution in [0.4, 0.5) is 5.69 Å². The highest BCUT2D eigenvalue weighted by molar-refractivity contribution is 6.71. The number of aliphatic hydroxyl groups is 1. The number of aryl methyl sites for hydroxylation is 1. The van der Waals surface area contributed by atoms with Crippen molar-refractivity contribution < 1.29 is 19.4 Å².